The van der Waals surface area contributed by atoms with Gasteiger partial charge in [0.2, 0.25) is 5.91 Å². The average Bonchev–Trinajstić information content (AvgIpc) is 2.66. The summed E-state index contributed by atoms with van der Waals surface area (Å²) in [5.74, 6) is -0.372. The van der Waals surface area contributed by atoms with Crippen LogP contribution in [0.2, 0.25) is 0 Å². The Balaban J connectivity index is 2.13. The highest BCUT2D eigenvalue weighted by molar-refractivity contribution is 5.97. The normalized spacial score (nSPS) is 11.8. The van der Waals surface area contributed by atoms with Gasteiger partial charge in [0, 0.05) is 18.0 Å². The van der Waals surface area contributed by atoms with Gasteiger partial charge in [-0.2, -0.15) is 0 Å². The molecule has 2 amide bonds. The second kappa shape index (κ2) is 9.62. The Labute approximate surface area is 149 Å². The van der Waals surface area contributed by atoms with Crippen LogP contribution in [0.15, 0.2) is 60.7 Å². The third-order valence-electron chi connectivity index (χ3n) is 4.27. The maximum absolute atomic E-state index is 12.7. The van der Waals surface area contributed by atoms with Gasteiger partial charge in [-0.3, -0.25) is 9.59 Å². The molecule has 0 saturated heterocycles. The molecule has 2 aromatic rings. The monoisotopic (exact) mass is 338 g/mol. The summed E-state index contributed by atoms with van der Waals surface area (Å²) in [6.07, 6.45) is 2.20. The molecule has 0 saturated carbocycles. The van der Waals surface area contributed by atoms with Crippen molar-refractivity contribution in [1.29, 1.82) is 0 Å². The number of carbonyl (C=O) groups is 2. The van der Waals surface area contributed by atoms with E-state index in [1.165, 1.54) is 0 Å². The van der Waals surface area contributed by atoms with E-state index in [2.05, 4.69) is 10.6 Å². The molecule has 0 bridgehead atoms. The molecule has 0 heterocycles. The van der Waals surface area contributed by atoms with Gasteiger partial charge in [-0.25, -0.2) is 0 Å². The highest BCUT2D eigenvalue weighted by atomic mass is 16.2. The summed E-state index contributed by atoms with van der Waals surface area (Å²) in [5.41, 5.74) is 1.57. The van der Waals surface area contributed by atoms with E-state index in [1.54, 1.807) is 12.1 Å². The summed E-state index contributed by atoms with van der Waals surface area (Å²) in [4.78, 5) is 25.2. The Morgan fingerprint density at radius 2 is 1.40 bits per heavy atom. The summed E-state index contributed by atoms with van der Waals surface area (Å²) in [5, 5.41) is 5.92. The summed E-state index contributed by atoms with van der Waals surface area (Å²) < 4.78 is 0. The molecule has 0 spiro atoms. The summed E-state index contributed by atoms with van der Waals surface area (Å²) >= 11 is 0. The van der Waals surface area contributed by atoms with E-state index >= 15 is 0 Å². The molecule has 0 aliphatic rings. The highest BCUT2D eigenvalue weighted by Gasteiger charge is 2.23. The van der Waals surface area contributed by atoms with E-state index in [1.807, 2.05) is 62.4 Å². The van der Waals surface area contributed by atoms with Crippen LogP contribution in [0.25, 0.3) is 0 Å². The number of rotatable bonds is 8. The first-order valence-electron chi connectivity index (χ1n) is 8.84. The molecule has 132 valence electrons. The average molecular weight is 338 g/mol. The van der Waals surface area contributed by atoms with Crippen molar-refractivity contribution in [3.63, 3.8) is 0 Å². The minimum absolute atomic E-state index is 0.124. The Kier molecular flexibility index (Phi) is 7.20. The minimum Gasteiger partial charge on any atom is -0.352 e. The van der Waals surface area contributed by atoms with E-state index in [0.29, 0.717) is 12.0 Å². The molecule has 0 radical (unpaired) electrons. The van der Waals surface area contributed by atoms with Gasteiger partial charge in [0.15, 0.2) is 0 Å². The van der Waals surface area contributed by atoms with Gasteiger partial charge in [-0.05, 0) is 30.5 Å². The third-order valence-corrected chi connectivity index (χ3v) is 4.27. The second-order valence-electron chi connectivity index (χ2n) is 6.10. The van der Waals surface area contributed by atoms with Crippen molar-refractivity contribution < 1.29 is 9.59 Å². The highest BCUT2D eigenvalue weighted by Crippen LogP contribution is 2.07. The molecule has 0 fully saturated rings. The van der Waals surface area contributed by atoms with E-state index < -0.39 is 6.04 Å². The first kappa shape index (κ1) is 18.7. The van der Waals surface area contributed by atoms with Crippen LogP contribution in [0.4, 0.5) is 0 Å². The Morgan fingerprint density at radius 3 is 1.96 bits per heavy atom. The van der Waals surface area contributed by atoms with E-state index in [-0.39, 0.29) is 17.9 Å². The minimum atomic E-state index is -0.601. The van der Waals surface area contributed by atoms with Crippen LogP contribution in [-0.4, -0.2) is 23.9 Å². The van der Waals surface area contributed by atoms with Crippen LogP contribution in [0.3, 0.4) is 0 Å². The number of hydrogen-bond acceptors (Lipinski definition) is 2. The summed E-state index contributed by atoms with van der Waals surface area (Å²) in [6.45, 7) is 4.09. The molecule has 1 unspecified atom stereocenters. The Morgan fingerprint density at radius 1 is 0.840 bits per heavy atom. The zero-order chi connectivity index (χ0) is 18.1. The van der Waals surface area contributed by atoms with Crippen LogP contribution < -0.4 is 10.6 Å². The molecular weight excluding hydrogens is 312 g/mol. The lowest BCUT2D eigenvalue weighted by Crippen LogP contribution is -2.50. The van der Waals surface area contributed by atoms with Crippen molar-refractivity contribution in [3.05, 3.63) is 71.8 Å². The van der Waals surface area contributed by atoms with E-state index in [0.717, 1.165) is 18.4 Å². The van der Waals surface area contributed by atoms with Gasteiger partial charge in [0.1, 0.15) is 6.04 Å². The van der Waals surface area contributed by atoms with Crippen LogP contribution in [0.5, 0.6) is 0 Å². The molecule has 2 N–H and O–H groups in total. The molecule has 2 aromatic carbocycles. The van der Waals surface area contributed by atoms with Gasteiger partial charge >= 0.3 is 0 Å². The molecule has 0 aliphatic heterocycles. The maximum atomic E-state index is 12.7. The molecule has 0 aliphatic carbocycles. The molecular formula is C21H26N2O2. The van der Waals surface area contributed by atoms with Crippen molar-refractivity contribution in [2.75, 3.05) is 0 Å². The molecule has 4 heteroatoms. The predicted molar refractivity (Wildman–Crippen MR) is 100 cm³/mol. The molecule has 1 atom stereocenters. The Hall–Kier alpha value is -2.62. The lowest BCUT2D eigenvalue weighted by molar-refractivity contribution is -0.123. The zero-order valence-electron chi connectivity index (χ0n) is 14.9. The molecule has 2 rings (SSSR count). The fourth-order valence-electron chi connectivity index (χ4n) is 2.68. The smallest absolute Gasteiger partial charge is 0.251 e. The summed E-state index contributed by atoms with van der Waals surface area (Å²) in [7, 11) is 0. The topological polar surface area (TPSA) is 58.2 Å². The number of nitrogens with one attached hydrogen (secondary N) is 2. The van der Waals surface area contributed by atoms with Gasteiger partial charge in [-0.15, -0.1) is 0 Å². The SMILES string of the molecule is CCC(CC)NC(=O)C(Cc1ccccc1)NC(=O)c1ccccc1. The largest absolute Gasteiger partial charge is 0.352 e. The number of carbonyl (C=O) groups excluding carboxylic acids is 2. The molecule has 4 nitrogen and oxygen atoms in total. The van der Waals surface area contributed by atoms with Crippen LogP contribution in [0, 0.1) is 0 Å². The molecule has 25 heavy (non-hydrogen) atoms. The number of hydrogen-bond donors (Lipinski definition) is 2. The van der Waals surface area contributed by atoms with Crippen LogP contribution in [-0.2, 0) is 11.2 Å². The zero-order valence-corrected chi connectivity index (χ0v) is 14.9. The number of amides is 2. The fourth-order valence-corrected chi connectivity index (χ4v) is 2.68. The standard InChI is InChI=1S/C21H26N2O2/c1-3-18(4-2)22-21(25)19(15-16-11-7-5-8-12-16)23-20(24)17-13-9-6-10-14-17/h5-14,18-19H,3-4,15H2,1-2H3,(H,22,25)(H,23,24). The van der Waals surface area contributed by atoms with Gasteiger partial charge in [0.05, 0.1) is 0 Å². The first-order valence-corrected chi connectivity index (χ1v) is 8.84. The van der Waals surface area contributed by atoms with E-state index in [9.17, 15) is 9.59 Å². The van der Waals surface area contributed by atoms with Crippen LogP contribution in [0.1, 0.15) is 42.6 Å². The summed E-state index contributed by atoms with van der Waals surface area (Å²) in [6, 6.07) is 18.2. The van der Waals surface area contributed by atoms with Gasteiger partial charge < -0.3 is 10.6 Å². The van der Waals surface area contributed by atoms with Crippen molar-refractivity contribution in [2.24, 2.45) is 0 Å². The van der Waals surface area contributed by atoms with Gasteiger partial charge in [0.25, 0.3) is 5.91 Å². The molecule has 0 aromatic heterocycles. The van der Waals surface area contributed by atoms with Crippen molar-refractivity contribution in [3.8, 4) is 0 Å². The second-order valence-corrected chi connectivity index (χ2v) is 6.10. The Bertz CT molecular complexity index is 667. The lowest BCUT2D eigenvalue weighted by Gasteiger charge is -2.22. The maximum Gasteiger partial charge on any atom is 0.251 e. The van der Waals surface area contributed by atoms with Gasteiger partial charge in [-0.1, -0.05) is 62.4 Å². The number of benzene rings is 2. The third kappa shape index (κ3) is 5.75. The first-order chi connectivity index (χ1) is 12.1. The van der Waals surface area contributed by atoms with Crippen LogP contribution >= 0.6 is 0 Å². The lowest BCUT2D eigenvalue weighted by atomic mass is 10.0. The quantitative estimate of drug-likeness (QED) is 0.776. The van der Waals surface area contributed by atoms with E-state index in [4.69, 9.17) is 0 Å². The van der Waals surface area contributed by atoms with Crippen molar-refractivity contribution in [1.82, 2.24) is 10.6 Å². The van der Waals surface area contributed by atoms with Crippen molar-refractivity contribution >= 4 is 11.8 Å². The van der Waals surface area contributed by atoms with Crippen molar-refractivity contribution in [2.45, 2.75) is 45.2 Å². The fraction of sp³-hybridized carbons (Fsp3) is 0.333. The predicted octanol–water partition coefficient (Wildman–Crippen LogP) is 3.33.